The fourth-order valence-corrected chi connectivity index (χ4v) is 8.21. The monoisotopic (exact) mass is 857 g/mol. The van der Waals surface area contributed by atoms with Crippen molar-refractivity contribution in [1.29, 1.82) is 0 Å². The van der Waals surface area contributed by atoms with Gasteiger partial charge in [-0.05, 0) is 84.7 Å². The summed E-state index contributed by atoms with van der Waals surface area (Å²) >= 11 is 8.26. The molecule has 5 heterocycles. The fraction of sp³-hybridized carbons (Fsp3) is 0.261. The third-order valence-electron chi connectivity index (χ3n) is 10.7. The van der Waals surface area contributed by atoms with E-state index in [2.05, 4.69) is 31.2 Å². The second-order valence-corrected chi connectivity index (χ2v) is 15.8. The maximum Gasteiger partial charge on any atom is 0.345 e. The SMILES string of the molecule is COc1ccccc1-c1nccc(COc2ccccc2CC(Oc2nsc3cnc(-c4ccncc4)c(-c4ccc(OCCN5CCN(C)CC5)c(Cl)c4C)c23)C(=O)O)n1. The Balaban J connectivity index is 1.07. The molecule has 1 aliphatic rings. The number of pyridine rings is 2. The van der Waals surface area contributed by atoms with Crippen molar-refractivity contribution in [3.05, 3.63) is 125 Å². The van der Waals surface area contributed by atoms with Crippen LogP contribution in [0.25, 0.3) is 43.9 Å². The first-order chi connectivity index (χ1) is 29.8. The van der Waals surface area contributed by atoms with Crippen molar-refractivity contribution >= 4 is 39.2 Å². The van der Waals surface area contributed by atoms with E-state index in [9.17, 15) is 9.90 Å². The molecular weight excluding hydrogens is 814 g/mol. The lowest BCUT2D eigenvalue weighted by Crippen LogP contribution is -2.45. The molecule has 0 spiro atoms. The standard InChI is InChI=1S/C46H44ClN7O6S/c1-29-33(12-13-37(42(29)47)58-25-24-54-22-20-53(2)21-23-54)40-41-39(27-50-43(40)30-14-17-48-18-15-30)61-52-45(41)60-38(46(55)56)26-31-8-4-6-10-35(31)59-28-32-16-19-49-44(51-32)34-9-5-7-11-36(34)57-3/h4-19,27,38H,20-26,28H2,1-3H3,(H,55,56). The Morgan fingerprint density at radius 2 is 1.66 bits per heavy atom. The number of carboxylic acids is 1. The van der Waals surface area contributed by atoms with Crippen LogP contribution in [-0.4, -0.2) is 105 Å². The Kier molecular flexibility index (Phi) is 13.0. The van der Waals surface area contributed by atoms with Gasteiger partial charge in [0.25, 0.3) is 0 Å². The van der Waals surface area contributed by atoms with E-state index in [-0.39, 0.29) is 18.9 Å². The van der Waals surface area contributed by atoms with Gasteiger partial charge in [-0.1, -0.05) is 48.0 Å². The van der Waals surface area contributed by atoms with Gasteiger partial charge in [0.05, 0.1) is 39.2 Å². The van der Waals surface area contributed by atoms with Crippen LogP contribution in [0.4, 0.5) is 0 Å². The molecule has 0 saturated carbocycles. The lowest BCUT2D eigenvalue weighted by molar-refractivity contribution is -0.145. The van der Waals surface area contributed by atoms with Gasteiger partial charge in [-0.2, -0.15) is 4.37 Å². The molecule has 0 amide bonds. The van der Waals surface area contributed by atoms with Gasteiger partial charge in [-0.15, -0.1) is 0 Å². The first-order valence-corrected chi connectivity index (χ1v) is 21.0. The molecule has 1 unspecified atom stereocenters. The number of halogens is 1. The minimum Gasteiger partial charge on any atom is -0.496 e. The molecule has 7 aromatic rings. The molecule has 312 valence electrons. The molecule has 1 atom stereocenters. The summed E-state index contributed by atoms with van der Waals surface area (Å²) in [6.07, 6.45) is 5.48. The van der Waals surface area contributed by atoms with Gasteiger partial charge < -0.3 is 29.0 Å². The van der Waals surface area contributed by atoms with Crippen LogP contribution >= 0.6 is 23.1 Å². The number of hydrogen-bond acceptors (Lipinski definition) is 13. The van der Waals surface area contributed by atoms with Gasteiger partial charge in [0.2, 0.25) is 12.0 Å². The number of nitrogens with zero attached hydrogens (tertiary/aromatic N) is 7. The number of carboxylic acid groups (broad SMARTS) is 1. The zero-order valence-electron chi connectivity index (χ0n) is 34.0. The largest absolute Gasteiger partial charge is 0.496 e. The Morgan fingerprint density at radius 3 is 2.44 bits per heavy atom. The average Bonchev–Trinajstić information content (AvgIpc) is 3.70. The maximum absolute atomic E-state index is 13.0. The molecule has 3 aromatic carbocycles. The molecule has 4 aromatic heterocycles. The molecule has 61 heavy (non-hydrogen) atoms. The number of methoxy groups -OCH3 is 1. The van der Waals surface area contributed by atoms with Crippen molar-refractivity contribution in [2.24, 2.45) is 0 Å². The van der Waals surface area contributed by atoms with Crippen LogP contribution in [0.15, 0.2) is 104 Å². The normalized spacial score (nSPS) is 13.8. The Bertz CT molecular complexity index is 2640. The Morgan fingerprint density at radius 1 is 0.885 bits per heavy atom. The predicted molar refractivity (Wildman–Crippen MR) is 236 cm³/mol. The number of likely N-dealkylation sites (N-methyl/N-ethyl adjacent to an activating group) is 1. The predicted octanol–water partition coefficient (Wildman–Crippen LogP) is 8.13. The average molecular weight is 858 g/mol. The highest BCUT2D eigenvalue weighted by Crippen LogP contribution is 2.46. The molecule has 0 aliphatic carbocycles. The Labute approximate surface area is 362 Å². The highest BCUT2D eigenvalue weighted by molar-refractivity contribution is 7.13. The summed E-state index contributed by atoms with van der Waals surface area (Å²) in [5.74, 6) is 1.26. The zero-order chi connectivity index (χ0) is 42.3. The quantitative estimate of drug-likeness (QED) is 0.1000. The number of aromatic nitrogens is 5. The number of piperazine rings is 1. The number of ether oxygens (including phenoxy) is 4. The number of rotatable bonds is 16. The summed E-state index contributed by atoms with van der Waals surface area (Å²) in [4.78, 5) is 36.0. The zero-order valence-corrected chi connectivity index (χ0v) is 35.5. The first kappa shape index (κ1) is 41.5. The van der Waals surface area contributed by atoms with Crippen molar-refractivity contribution in [3.8, 4) is 56.9 Å². The van der Waals surface area contributed by atoms with Crippen LogP contribution in [0.1, 0.15) is 16.8 Å². The van der Waals surface area contributed by atoms with E-state index >= 15 is 0 Å². The van der Waals surface area contributed by atoms with Crippen molar-refractivity contribution in [2.75, 3.05) is 53.5 Å². The van der Waals surface area contributed by atoms with E-state index in [0.717, 1.165) is 59.7 Å². The van der Waals surface area contributed by atoms with E-state index in [1.165, 1.54) is 11.5 Å². The molecule has 8 rings (SSSR count). The van der Waals surface area contributed by atoms with E-state index in [1.54, 1.807) is 44.0 Å². The summed E-state index contributed by atoms with van der Waals surface area (Å²) in [5.41, 5.74) is 5.76. The third-order valence-corrected chi connectivity index (χ3v) is 11.9. The Hall–Kier alpha value is -6.19. The molecule has 1 fully saturated rings. The molecule has 15 heteroatoms. The molecule has 1 saturated heterocycles. The second kappa shape index (κ2) is 19.0. The smallest absolute Gasteiger partial charge is 0.345 e. The molecule has 1 aliphatic heterocycles. The molecule has 0 bridgehead atoms. The molecular formula is C46H44ClN7O6S. The van der Waals surface area contributed by atoms with Crippen molar-refractivity contribution < 1.29 is 28.8 Å². The number of hydrogen-bond donors (Lipinski definition) is 1. The number of benzene rings is 3. The van der Waals surface area contributed by atoms with Crippen LogP contribution in [-0.2, 0) is 17.8 Å². The van der Waals surface area contributed by atoms with Crippen LogP contribution in [0.3, 0.4) is 0 Å². The van der Waals surface area contributed by atoms with Crippen molar-refractivity contribution in [2.45, 2.75) is 26.1 Å². The van der Waals surface area contributed by atoms with E-state index in [0.29, 0.717) is 62.6 Å². The van der Waals surface area contributed by atoms with Crippen LogP contribution in [0.5, 0.6) is 23.1 Å². The van der Waals surface area contributed by atoms with E-state index in [4.69, 9.17) is 40.5 Å². The second-order valence-electron chi connectivity index (χ2n) is 14.6. The fourth-order valence-electron chi connectivity index (χ4n) is 7.30. The highest BCUT2D eigenvalue weighted by atomic mass is 35.5. The van der Waals surface area contributed by atoms with Crippen LogP contribution in [0.2, 0.25) is 5.02 Å². The third kappa shape index (κ3) is 9.42. The lowest BCUT2D eigenvalue weighted by Gasteiger charge is -2.32. The van der Waals surface area contributed by atoms with Gasteiger partial charge in [0.15, 0.2) is 5.82 Å². The summed E-state index contributed by atoms with van der Waals surface area (Å²) in [5, 5.41) is 11.7. The van der Waals surface area contributed by atoms with Crippen molar-refractivity contribution in [1.82, 2.24) is 34.1 Å². The highest BCUT2D eigenvalue weighted by Gasteiger charge is 2.28. The van der Waals surface area contributed by atoms with Crippen LogP contribution < -0.4 is 18.9 Å². The van der Waals surface area contributed by atoms with E-state index < -0.39 is 12.1 Å². The topological polar surface area (TPSA) is 145 Å². The van der Waals surface area contributed by atoms with Gasteiger partial charge >= 0.3 is 5.97 Å². The van der Waals surface area contributed by atoms with Gasteiger partial charge in [0, 0.05) is 75.1 Å². The minimum atomic E-state index is -1.32. The van der Waals surface area contributed by atoms with Gasteiger partial charge in [0.1, 0.15) is 30.5 Å². The lowest BCUT2D eigenvalue weighted by atomic mass is 9.93. The first-order valence-electron chi connectivity index (χ1n) is 19.8. The number of aliphatic carboxylic acids is 1. The number of carbonyl (C=O) groups is 1. The molecule has 1 N–H and O–H groups in total. The van der Waals surface area contributed by atoms with E-state index in [1.807, 2.05) is 73.7 Å². The van der Waals surface area contributed by atoms with Gasteiger partial charge in [-0.3, -0.25) is 14.9 Å². The van der Waals surface area contributed by atoms with Gasteiger partial charge in [-0.25, -0.2) is 14.8 Å². The summed E-state index contributed by atoms with van der Waals surface area (Å²) < 4.78 is 29.8. The summed E-state index contributed by atoms with van der Waals surface area (Å²) in [7, 11) is 3.74. The van der Waals surface area contributed by atoms with Crippen LogP contribution in [0, 0.1) is 6.92 Å². The molecule has 13 nitrogen and oxygen atoms in total. The van der Waals surface area contributed by atoms with Crippen molar-refractivity contribution in [3.63, 3.8) is 0 Å². The maximum atomic E-state index is 13.0. The number of fused-ring (bicyclic) bond motifs is 1. The summed E-state index contributed by atoms with van der Waals surface area (Å²) in [6, 6.07) is 24.2. The number of para-hydroxylation sites is 2. The minimum absolute atomic E-state index is 0.0105. The molecule has 0 radical (unpaired) electrons. The summed E-state index contributed by atoms with van der Waals surface area (Å²) in [6.45, 7) is 7.43.